The third-order valence-electron chi connectivity index (χ3n) is 2.22. The van der Waals surface area contributed by atoms with Crippen LogP contribution in [-0.2, 0) is 5.41 Å². The molecule has 0 N–H and O–H groups in total. The molecule has 1 aromatic rings. The van der Waals surface area contributed by atoms with Crippen LogP contribution in [0.3, 0.4) is 0 Å². The van der Waals surface area contributed by atoms with Gasteiger partial charge in [-0.05, 0) is 30.0 Å². The van der Waals surface area contributed by atoms with Crippen LogP contribution in [0.15, 0.2) is 29.2 Å². The number of rotatable bonds is 2. The lowest BCUT2D eigenvalue weighted by molar-refractivity contribution is 0.590. The van der Waals surface area contributed by atoms with Crippen molar-refractivity contribution in [2.24, 2.45) is 0 Å². The third kappa shape index (κ3) is 3.60. The molecule has 0 aliphatic carbocycles. The lowest BCUT2D eigenvalue weighted by Crippen LogP contribution is -2.10. The first kappa shape index (κ1) is 12.1. The highest BCUT2D eigenvalue weighted by atomic mass is 32.2. The van der Waals surface area contributed by atoms with Gasteiger partial charge in [-0.25, -0.2) is 0 Å². The van der Waals surface area contributed by atoms with Crippen LogP contribution in [0, 0.1) is 11.3 Å². The van der Waals surface area contributed by atoms with Crippen LogP contribution >= 0.6 is 11.8 Å². The first-order valence-electron chi connectivity index (χ1n) is 5.10. The molecule has 0 aromatic heterocycles. The van der Waals surface area contributed by atoms with Crippen LogP contribution in [0.25, 0.3) is 0 Å². The van der Waals surface area contributed by atoms with Gasteiger partial charge in [0.2, 0.25) is 0 Å². The van der Waals surface area contributed by atoms with Crippen LogP contribution in [0.2, 0.25) is 0 Å². The van der Waals surface area contributed by atoms with E-state index in [1.54, 1.807) is 11.8 Å². The maximum atomic E-state index is 8.71. The number of benzene rings is 1. The average Bonchev–Trinajstić information content (AvgIpc) is 2.17. The third-order valence-corrected chi connectivity index (χ3v) is 3.22. The van der Waals surface area contributed by atoms with Crippen molar-refractivity contribution in [3.05, 3.63) is 29.8 Å². The molecular formula is C13H17NS. The summed E-state index contributed by atoms with van der Waals surface area (Å²) in [5, 5.41) is 8.73. The van der Waals surface area contributed by atoms with Gasteiger partial charge in [-0.1, -0.05) is 32.9 Å². The van der Waals surface area contributed by atoms with Crippen LogP contribution in [0.4, 0.5) is 0 Å². The van der Waals surface area contributed by atoms with Crippen molar-refractivity contribution < 1.29 is 0 Å². The molecule has 0 fully saturated rings. The zero-order valence-electron chi connectivity index (χ0n) is 9.74. The number of thioether (sulfide) groups is 1. The predicted molar refractivity (Wildman–Crippen MR) is 66.1 cm³/mol. The summed E-state index contributed by atoms with van der Waals surface area (Å²) in [5.41, 5.74) is 1.53. The Morgan fingerprint density at radius 1 is 1.20 bits per heavy atom. The van der Waals surface area contributed by atoms with E-state index in [0.717, 1.165) is 4.90 Å². The molecule has 1 unspecified atom stereocenters. The fraction of sp³-hybridized carbons (Fsp3) is 0.462. The molecule has 0 spiro atoms. The highest BCUT2D eigenvalue weighted by Crippen LogP contribution is 2.27. The second-order valence-corrected chi connectivity index (χ2v) is 6.08. The minimum atomic E-state index is 0.0190. The molecule has 2 heteroatoms. The number of nitrogens with zero attached hydrogens (tertiary/aromatic N) is 1. The van der Waals surface area contributed by atoms with Gasteiger partial charge in [0.05, 0.1) is 11.3 Å². The zero-order chi connectivity index (χ0) is 11.5. The van der Waals surface area contributed by atoms with Crippen molar-refractivity contribution in [3.63, 3.8) is 0 Å². The van der Waals surface area contributed by atoms with Crippen molar-refractivity contribution in [2.75, 3.05) is 0 Å². The minimum Gasteiger partial charge on any atom is -0.197 e. The smallest absolute Gasteiger partial charge is 0.0935 e. The van der Waals surface area contributed by atoms with E-state index in [0.29, 0.717) is 0 Å². The van der Waals surface area contributed by atoms with Crippen molar-refractivity contribution in [1.82, 2.24) is 0 Å². The van der Waals surface area contributed by atoms with Crippen molar-refractivity contribution in [3.8, 4) is 6.07 Å². The molecule has 0 aliphatic heterocycles. The fourth-order valence-corrected chi connectivity index (χ4v) is 2.02. The van der Waals surface area contributed by atoms with E-state index in [1.165, 1.54) is 5.56 Å². The Labute approximate surface area is 96.5 Å². The van der Waals surface area contributed by atoms with E-state index in [4.69, 9.17) is 5.26 Å². The molecule has 1 atom stereocenters. The second-order valence-electron chi connectivity index (χ2n) is 4.66. The molecule has 0 amide bonds. The normalized spacial score (nSPS) is 13.3. The van der Waals surface area contributed by atoms with E-state index < -0.39 is 0 Å². The summed E-state index contributed by atoms with van der Waals surface area (Å²) in [6.45, 7) is 8.52. The monoisotopic (exact) mass is 219 g/mol. The first-order chi connectivity index (χ1) is 6.93. The van der Waals surface area contributed by atoms with Gasteiger partial charge in [0.15, 0.2) is 0 Å². The Balaban J connectivity index is 2.78. The molecule has 0 heterocycles. The van der Waals surface area contributed by atoms with Gasteiger partial charge in [0.25, 0.3) is 0 Å². The lowest BCUT2D eigenvalue weighted by Gasteiger charge is -2.19. The minimum absolute atomic E-state index is 0.0190. The molecule has 1 nitrogen and oxygen atoms in total. The summed E-state index contributed by atoms with van der Waals surface area (Å²) in [5.74, 6) is 0. The first-order valence-corrected chi connectivity index (χ1v) is 5.98. The van der Waals surface area contributed by atoms with E-state index in [2.05, 4.69) is 51.1 Å². The zero-order valence-corrected chi connectivity index (χ0v) is 10.6. The van der Waals surface area contributed by atoms with Crippen LogP contribution in [-0.4, -0.2) is 5.25 Å². The Morgan fingerprint density at radius 3 is 2.13 bits per heavy atom. The van der Waals surface area contributed by atoms with Gasteiger partial charge in [-0.2, -0.15) is 5.26 Å². The number of nitriles is 1. The largest absolute Gasteiger partial charge is 0.197 e. The van der Waals surface area contributed by atoms with Crippen molar-refractivity contribution >= 4 is 11.8 Å². The quantitative estimate of drug-likeness (QED) is 0.702. The van der Waals surface area contributed by atoms with Crippen molar-refractivity contribution in [2.45, 2.75) is 43.3 Å². The van der Waals surface area contributed by atoms with Gasteiger partial charge in [0, 0.05) is 4.90 Å². The standard InChI is InChI=1S/C13H17NS/c1-10(9-14)15-12-7-5-11(6-8-12)13(2,3)4/h5-8,10H,1-4H3. The SMILES string of the molecule is CC(C#N)Sc1ccc(C(C)(C)C)cc1. The van der Waals surface area contributed by atoms with Crippen molar-refractivity contribution in [1.29, 1.82) is 5.26 Å². The summed E-state index contributed by atoms with van der Waals surface area (Å²) in [6, 6.07) is 10.7. The number of hydrogen-bond acceptors (Lipinski definition) is 2. The average molecular weight is 219 g/mol. The highest BCUT2D eigenvalue weighted by molar-refractivity contribution is 8.00. The van der Waals surface area contributed by atoms with Gasteiger partial charge < -0.3 is 0 Å². The number of hydrogen-bond donors (Lipinski definition) is 0. The molecule has 0 bridgehead atoms. The van der Waals surface area contributed by atoms with Gasteiger partial charge in [-0.15, -0.1) is 11.8 Å². The fourth-order valence-electron chi connectivity index (χ4n) is 1.26. The maximum absolute atomic E-state index is 8.71. The van der Waals surface area contributed by atoms with E-state index in [1.807, 2.05) is 6.92 Å². The molecule has 0 aliphatic rings. The molecule has 80 valence electrons. The summed E-state index contributed by atoms with van der Waals surface area (Å²) >= 11 is 1.60. The Morgan fingerprint density at radius 2 is 1.73 bits per heavy atom. The molecule has 0 saturated heterocycles. The Hall–Kier alpha value is -0.940. The van der Waals surface area contributed by atoms with E-state index in [-0.39, 0.29) is 10.7 Å². The maximum Gasteiger partial charge on any atom is 0.0935 e. The molecular weight excluding hydrogens is 202 g/mol. The Bertz CT molecular complexity index is 354. The summed E-state index contributed by atoms with van der Waals surface area (Å²) in [4.78, 5) is 1.16. The van der Waals surface area contributed by atoms with Gasteiger partial charge >= 0.3 is 0 Å². The highest BCUT2D eigenvalue weighted by Gasteiger charge is 2.13. The van der Waals surface area contributed by atoms with E-state index >= 15 is 0 Å². The predicted octanol–water partition coefficient (Wildman–Crippen LogP) is 3.99. The molecule has 0 radical (unpaired) electrons. The van der Waals surface area contributed by atoms with Crippen LogP contribution < -0.4 is 0 Å². The molecule has 15 heavy (non-hydrogen) atoms. The lowest BCUT2D eigenvalue weighted by atomic mass is 9.87. The van der Waals surface area contributed by atoms with Gasteiger partial charge in [0.1, 0.15) is 0 Å². The van der Waals surface area contributed by atoms with Crippen LogP contribution in [0.1, 0.15) is 33.3 Å². The van der Waals surface area contributed by atoms with Gasteiger partial charge in [-0.3, -0.25) is 0 Å². The second kappa shape index (κ2) is 4.72. The Kier molecular flexibility index (Phi) is 3.82. The molecule has 0 saturated carbocycles. The van der Waals surface area contributed by atoms with E-state index in [9.17, 15) is 0 Å². The summed E-state index contributed by atoms with van der Waals surface area (Å²) < 4.78 is 0. The van der Waals surface area contributed by atoms with Crippen LogP contribution in [0.5, 0.6) is 0 Å². The summed E-state index contributed by atoms with van der Waals surface area (Å²) in [6.07, 6.45) is 0. The topological polar surface area (TPSA) is 23.8 Å². The molecule has 1 rings (SSSR count). The summed E-state index contributed by atoms with van der Waals surface area (Å²) in [7, 11) is 0. The molecule has 1 aromatic carbocycles.